The number of fused-ring (bicyclic) bond motifs is 2. The van der Waals surface area contributed by atoms with Crippen LogP contribution in [-0.4, -0.2) is 21.8 Å². The zero-order valence-electron chi connectivity index (χ0n) is 10.4. The molecule has 0 radical (unpaired) electrons. The molecular formula is C14H19BrO2. The van der Waals surface area contributed by atoms with Crippen molar-refractivity contribution in [3.05, 3.63) is 23.8 Å². The number of alkyl halides is 1. The molecule has 0 amide bonds. The van der Waals surface area contributed by atoms with Gasteiger partial charge in [0.2, 0.25) is 0 Å². The minimum atomic E-state index is -1.14. The summed E-state index contributed by atoms with van der Waals surface area (Å²) in [5.41, 5.74) is -0.228. The molecule has 1 N–H and O–H groups in total. The summed E-state index contributed by atoms with van der Waals surface area (Å²) < 4.78 is 0. The van der Waals surface area contributed by atoms with Crippen LogP contribution in [0.25, 0.3) is 0 Å². The van der Waals surface area contributed by atoms with Crippen molar-refractivity contribution in [3.63, 3.8) is 0 Å². The number of carbonyl (C=O) groups is 1. The number of aliphatic hydroxyl groups is 1. The number of hydrogen-bond acceptors (Lipinski definition) is 2. The van der Waals surface area contributed by atoms with Crippen LogP contribution in [0.5, 0.6) is 0 Å². The monoisotopic (exact) mass is 298 g/mol. The number of halogens is 1. The zero-order valence-corrected chi connectivity index (χ0v) is 12.0. The molecule has 17 heavy (non-hydrogen) atoms. The summed E-state index contributed by atoms with van der Waals surface area (Å²) in [4.78, 5) is 11.9. The topological polar surface area (TPSA) is 37.3 Å². The van der Waals surface area contributed by atoms with Gasteiger partial charge in [-0.25, -0.2) is 0 Å². The highest BCUT2D eigenvalue weighted by molar-refractivity contribution is 9.09. The van der Waals surface area contributed by atoms with Gasteiger partial charge in [0.25, 0.3) is 0 Å². The summed E-state index contributed by atoms with van der Waals surface area (Å²) in [5.74, 6) is 0.211. The van der Waals surface area contributed by atoms with Crippen molar-refractivity contribution in [2.24, 2.45) is 11.3 Å². The molecule has 94 valence electrons. The number of rotatable bonds is 3. The van der Waals surface area contributed by atoms with Crippen LogP contribution in [0.1, 0.15) is 33.1 Å². The molecule has 2 rings (SSSR count). The Hall–Kier alpha value is -0.410. The van der Waals surface area contributed by atoms with E-state index in [-0.39, 0.29) is 11.2 Å². The number of carbonyl (C=O) groups excluding carboxylic acids is 1. The zero-order chi connectivity index (χ0) is 12.7. The molecule has 1 saturated carbocycles. The van der Waals surface area contributed by atoms with Gasteiger partial charge in [-0.05, 0) is 38.2 Å². The van der Waals surface area contributed by atoms with Gasteiger partial charge in [-0.3, -0.25) is 4.79 Å². The van der Waals surface area contributed by atoms with Crippen LogP contribution in [0.2, 0.25) is 0 Å². The van der Waals surface area contributed by atoms with Gasteiger partial charge in [-0.1, -0.05) is 40.6 Å². The first kappa shape index (κ1) is 13.0. The first-order chi connectivity index (χ1) is 7.94. The van der Waals surface area contributed by atoms with Crippen LogP contribution in [0.3, 0.4) is 0 Å². The summed E-state index contributed by atoms with van der Waals surface area (Å²) >= 11 is 3.42. The predicted molar refractivity (Wildman–Crippen MR) is 72.1 cm³/mol. The van der Waals surface area contributed by atoms with Gasteiger partial charge in [0.1, 0.15) is 5.60 Å². The molecule has 0 aromatic carbocycles. The Morgan fingerprint density at radius 3 is 3.06 bits per heavy atom. The predicted octanol–water partition coefficient (Wildman–Crippen LogP) is 3.00. The Kier molecular flexibility index (Phi) is 3.34. The van der Waals surface area contributed by atoms with E-state index in [1.807, 2.05) is 13.0 Å². The Balaban J connectivity index is 2.31. The quantitative estimate of drug-likeness (QED) is 0.642. The molecule has 0 spiro atoms. The maximum atomic E-state index is 11.9. The third-order valence-corrected chi connectivity index (χ3v) is 5.44. The van der Waals surface area contributed by atoms with Crippen molar-refractivity contribution in [3.8, 4) is 0 Å². The molecule has 2 aliphatic carbocycles. The van der Waals surface area contributed by atoms with Gasteiger partial charge in [0.15, 0.2) is 5.78 Å². The summed E-state index contributed by atoms with van der Waals surface area (Å²) in [6.45, 7) is 4.11. The molecule has 0 aromatic rings. The van der Waals surface area contributed by atoms with Gasteiger partial charge < -0.3 is 5.11 Å². The molecule has 0 saturated heterocycles. The van der Waals surface area contributed by atoms with Crippen molar-refractivity contribution >= 4 is 21.7 Å². The van der Waals surface area contributed by atoms with Crippen molar-refractivity contribution in [1.82, 2.24) is 0 Å². The molecule has 0 aliphatic heterocycles. The normalized spacial score (nSPS) is 41.1. The van der Waals surface area contributed by atoms with Crippen molar-refractivity contribution in [2.45, 2.75) is 38.7 Å². The number of ketones is 1. The van der Waals surface area contributed by atoms with E-state index >= 15 is 0 Å². The van der Waals surface area contributed by atoms with E-state index in [0.29, 0.717) is 12.3 Å². The van der Waals surface area contributed by atoms with Crippen molar-refractivity contribution in [1.29, 1.82) is 0 Å². The molecule has 1 fully saturated rings. The lowest BCUT2D eigenvalue weighted by atomic mass is 9.64. The average Bonchev–Trinajstić information content (AvgIpc) is 2.45. The van der Waals surface area contributed by atoms with E-state index in [2.05, 4.69) is 28.9 Å². The van der Waals surface area contributed by atoms with E-state index < -0.39 is 5.60 Å². The molecule has 2 bridgehead atoms. The highest BCUT2D eigenvalue weighted by Crippen LogP contribution is 2.56. The molecule has 2 nitrogen and oxygen atoms in total. The highest BCUT2D eigenvalue weighted by atomic mass is 79.9. The fourth-order valence-corrected chi connectivity index (χ4v) is 3.32. The lowest BCUT2D eigenvalue weighted by Gasteiger charge is -2.42. The minimum Gasteiger partial charge on any atom is -0.381 e. The largest absolute Gasteiger partial charge is 0.381 e. The van der Waals surface area contributed by atoms with E-state index in [1.165, 1.54) is 5.57 Å². The van der Waals surface area contributed by atoms with Crippen molar-refractivity contribution in [2.75, 3.05) is 5.33 Å². The van der Waals surface area contributed by atoms with Crippen LogP contribution in [-0.2, 0) is 4.79 Å². The fraction of sp³-hybridized carbons (Fsp3) is 0.643. The Morgan fingerprint density at radius 2 is 2.41 bits per heavy atom. The summed E-state index contributed by atoms with van der Waals surface area (Å²) in [6.07, 6.45) is 7.98. The number of hydrogen-bond donors (Lipinski definition) is 1. The van der Waals surface area contributed by atoms with Crippen molar-refractivity contribution < 1.29 is 9.90 Å². The van der Waals surface area contributed by atoms with E-state index in [4.69, 9.17) is 0 Å². The first-order valence-corrected chi connectivity index (χ1v) is 7.23. The second-order valence-corrected chi connectivity index (χ2v) is 6.10. The summed E-state index contributed by atoms with van der Waals surface area (Å²) in [6, 6.07) is 0. The molecule has 0 aromatic heterocycles. The molecule has 3 atom stereocenters. The fourth-order valence-electron chi connectivity index (χ4n) is 3.09. The number of allylic oxidation sites excluding steroid dienone is 3. The second-order valence-electron chi connectivity index (χ2n) is 5.53. The molecule has 3 heteroatoms. The van der Waals surface area contributed by atoms with Gasteiger partial charge >= 0.3 is 0 Å². The average molecular weight is 299 g/mol. The lowest BCUT2D eigenvalue weighted by Crippen LogP contribution is -2.52. The molecule has 2 aliphatic rings. The third kappa shape index (κ3) is 1.84. The standard InChI is InChI=1S/C14H19BrO2/c1-10(9-15)5-7-13(2)11-3-4-12(16)14(13,17)8-6-11/h3-5,11,17H,6-9H2,1-2H3/b10-5+/t11-,13-,14+/m1/s1. The summed E-state index contributed by atoms with van der Waals surface area (Å²) in [7, 11) is 0. The van der Waals surface area contributed by atoms with Gasteiger partial charge in [-0.2, -0.15) is 0 Å². The van der Waals surface area contributed by atoms with Crippen LogP contribution < -0.4 is 0 Å². The Morgan fingerprint density at radius 1 is 1.71 bits per heavy atom. The van der Waals surface area contributed by atoms with Crippen LogP contribution >= 0.6 is 15.9 Å². The molecule has 0 heterocycles. The van der Waals surface area contributed by atoms with Crippen LogP contribution in [0.4, 0.5) is 0 Å². The highest BCUT2D eigenvalue weighted by Gasteiger charge is 2.60. The Bertz CT molecular complexity index is 399. The van der Waals surface area contributed by atoms with E-state index in [9.17, 15) is 9.90 Å². The summed E-state index contributed by atoms with van der Waals surface area (Å²) in [5, 5.41) is 11.5. The van der Waals surface area contributed by atoms with Gasteiger partial charge in [0, 0.05) is 10.7 Å². The van der Waals surface area contributed by atoms with Crippen LogP contribution in [0.15, 0.2) is 23.8 Å². The smallest absolute Gasteiger partial charge is 0.187 e. The van der Waals surface area contributed by atoms with Gasteiger partial charge in [-0.15, -0.1) is 0 Å². The first-order valence-electron chi connectivity index (χ1n) is 6.10. The second kappa shape index (κ2) is 4.36. The van der Waals surface area contributed by atoms with E-state index in [1.54, 1.807) is 6.08 Å². The molecular weight excluding hydrogens is 280 g/mol. The third-order valence-electron chi connectivity index (χ3n) is 4.55. The SMILES string of the molecule is C/C(=C\C[C@]1(C)[C@@H]2C=CC(=O)[C@@]1(O)CC2)CBr. The van der Waals surface area contributed by atoms with Gasteiger partial charge in [0.05, 0.1) is 0 Å². The Labute approximate surface area is 111 Å². The maximum Gasteiger partial charge on any atom is 0.187 e. The maximum absolute atomic E-state index is 11.9. The minimum absolute atomic E-state index is 0.112. The van der Waals surface area contributed by atoms with E-state index in [0.717, 1.165) is 18.2 Å². The lowest BCUT2D eigenvalue weighted by molar-refractivity contribution is -0.145. The molecule has 0 unspecified atom stereocenters. The van der Waals surface area contributed by atoms with Crippen LogP contribution in [0, 0.1) is 11.3 Å².